The van der Waals surface area contributed by atoms with E-state index in [0.29, 0.717) is 11.8 Å². The number of aromatic amines is 4. The summed E-state index contributed by atoms with van der Waals surface area (Å²) < 4.78 is 0. The largest absolute Gasteiger partial charge is 0.301 e. The van der Waals surface area contributed by atoms with Crippen molar-refractivity contribution in [2.45, 2.75) is 60.1 Å². The maximum absolute atomic E-state index is 11.7. The van der Waals surface area contributed by atoms with Crippen LogP contribution in [0.5, 0.6) is 0 Å². The number of hydrogen-bond acceptors (Lipinski definition) is 4. The third kappa shape index (κ3) is 7.60. The summed E-state index contributed by atoms with van der Waals surface area (Å²) in [6, 6.07) is 19.9. The second kappa shape index (κ2) is 12.6. The molecule has 4 aromatic rings. The fourth-order valence-corrected chi connectivity index (χ4v) is 5.16. The molecule has 0 aliphatic heterocycles. The number of aromatic nitrogens is 4. The van der Waals surface area contributed by atoms with Crippen LogP contribution in [-0.4, -0.2) is 20.4 Å². The van der Waals surface area contributed by atoms with Crippen LogP contribution in [0.1, 0.15) is 39.1 Å². The first-order valence-corrected chi connectivity index (χ1v) is 13.0. The molecule has 2 aromatic carbocycles. The Kier molecular flexibility index (Phi) is 9.53. The molecule has 0 aliphatic carbocycles. The van der Waals surface area contributed by atoms with Gasteiger partial charge < -0.3 is 10.2 Å². The molecule has 34 heavy (non-hydrogen) atoms. The molecule has 0 radical (unpaired) electrons. The Hall–Kier alpha value is -2.84. The lowest BCUT2D eigenvalue weighted by Crippen LogP contribution is -2.02. The van der Waals surface area contributed by atoms with E-state index < -0.39 is 0 Å². The quantitative estimate of drug-likeness (QED) is 0.237. The summed E-state index contributed by atoms with van der Waals surface area (Å²) in [6.45, 7) is 8.56. The van der Waals surface area contributed by atoms with Gasteiger partial charge in [0.15, 0.2) is 0 Å². The highest BCUT2D eigenvalue weighted by Gasteiger charge is 2.13. The predicted molar refractivity (Wildman–Crippen MR) is 141 cm³/mol. The monoisotopic (exact) mass is 496 g/mol. The van der Waals surface area contributed by atoms with Crippen molar-refractivity contribution in [3.05, 3.63) is 92.8 Å². The smallest absolute Gasteiger partial charge is 0.278 e. The molecule has 2 heterocycles. The molecule has 4 N–H and O–H groups in total. The Labute approximate surface area is 208 Å². The second-order valence-electron chi connectivity index (χ2n) is 8.80. The van der Waals surface area contributed by atoms with Gasteiger partial charge in [0.25, 0.3) is 11.1 Å². The molecule has 4 rings (SSSR count). The van der Waals surface area contributed by atoms with Crippen LogP contribution < -0.4 is 11.1 Å². The number of rotatable bonds is 8. The Morgan fingerprint density at radius 2 is 0.941 bits per heavy atom. The van der Waals surface area contributed by atoms with Gasteiger partial charge in [0.1, 0.15) is 0 Å². The minimum absolute atomic E-state index is 0.0329. The summed E-state index contributed by atoms with van der Waals surface area (Å²) in [7, 11) is 0. The molecule has 0 saturated heterocycles. The summed E-state index contributed by atoms with van der Waals surface area (Å²) in [4.78, 5) is 27.2. The highest BCUT2D eigenvalue weighted by Crippen LogP contribution is 2.28. The molecule has 180 valence electrons. The average Bonchev–Trinajstić information content (AvgIpc) is 3.32. The van der Waals surface area contributed by atoms with Crippen LogP contribution in [0.15, 0.2) is 89.8 Å². The van der Waals surface area contributed by atoms with Gasteiger partial charge >= 0.3 is 0 Å². The van der Waals surface area contributed by atoms with Crippen molar-refractivity contribution in [1.29, 1.82) is 0 Å². The Morgan fingerprint density at radius 1 is 0.588 bits per heavy atom. The van der Waals surface area contributed by atoms with Crippen LogP contribution in [0.4, 0.5) is 0 Å². The maximum atomic E-state index is 11.7. The Morgan fingerprint density at radius 3 is 1.26 bits per heavy atom. The van der Waals surface area contributed by atoms with E-state index in [9.17, 15) is 9.59 Å². The fourth-order valence-electron chi connectivity index (χ4n) is 3.30. The van der Waals surface area contributed by atoms with E-state index in [0.717, 1.165) is 43.8 Å². The van der Waals surface area contributed by atoms with Crippen molar-refractivity contribution >= 4 is 23.5 Å². The van der Waals surface area contributed by atoms with Crippen molar-refractivity contribution in [3.8, 4) is 0 Å². The Bertz CT molecular complexity index is 1160. The van der Waals surface area contributed by atoms with Gasteiger partial charge in [0.05, 0.1) is 21.2 Å². The van der Waals surface area contributed by atoms with Crippen molar-refractivity contribution in [3.63, 3.8) is 0 Å². The lowest BCUT2D eigenvalue weighted by atomic mass is 10.1. The van der Waals surface area contributed by atoms with Crippen molar-refractivity contribution < 1.29 is 0 Å². The summed E-state index contributed by atoms with van der Waals surface area (Å²) in [6.07, 6.45) is 1.77. The molecule has 0 amide bonds. The van der Waals surface area contributed by atoms with E-state index in [1.807, 2.05) is 60.7 Å². The highest BCUT2D eigenvalue weighted by atomic mass is 32.2. The number of hydrogen-bond donors (Lipinski definition) is 4. The van der Waals surface area contributed by atoms with Crippen molar-refractivity contribution in [2.75, 3.05) is 0 Å². The number of nitrogens with one attached hydrogen (secondary N) is 4. The lowest BCUT2D eigenvalue weighted by Gasteiger charge is -2.04. The zero-order valence-electron chi connectivity index (χ0n) is 20.0. The first-order valence-electron chi connectivity index (χ1n) is 11.4. The predicted octanol–water partition coefficient (Wildman–Crippen LogP) is 6.11. The van der Waals surface area contributed by atoms with Gasteiger partial charge in [-0.1, -0.05) is 87.6 Å². The zero-order chi connectivity index (χ0) is 24.5. The number of benzene rings is 2. The molecule has 0 saturated carbocycles. The third-order valence-corrected chi connectivity index (χ3v) is 7.05. The molecule has 0 aliphatic rings. The van der Waals surface area contributed by atoms with Gasteiger partial charge in [0, 0.05) is 9.79 Å². The van der Waals surface area contributed by atoms with Gasteiger partial charge in [-0.2, -0.15) is 0 Å². The molecule has 0 bridgehead atoms. The SMILES string of the molecule is CC(C)Cc1[nH][nH]c(=O)c1Sc1ccccc1.CC(C)Cc1[nH][nH]c(=O)c1Sc1ccccc1. The summed E-state index contributed by atoms with van der Waals surface area (Å²) in [5.74, 6) is 1.05. The molecule has 0 unspecified atom stereocenters. The van der Waals surface area contributed by atoms with Crippen LogP contribution in [0, 0.1) is 11.8 Å². The second-order valence-corrected chi connectivity index (χ2v) is 11.0. The molecule has 6 nitrogen and oxygen atoms in total. The summed E-state index contributed by atoms with van der Waals surface area (Å²) in [5.41, 5.74) is 1.93. The topological polar surface area (TPSA) is 97.3 Å². The van der Waals surface area contributed by atoms with Gasteiger partial charge in [-0.15, -0.1) is 0 Å². The van der Waals surface area contributed by atoms with E-state index in [1.54, 1.807) is 0 Å². The van der Waals surface area contributed by atoms with Gasteiger partial charge in [-0.25, -0.2) is 0 Å². The molecule has 0 atom stereocenters. The summed E-state index contributed by atoms with van der Waals surface area (Å²) in [5, 5.41) is 11.3. The molecule has 0 fully saturated rings. The number of H-pyrrole nitrogens is 4. The maximum Gasteiger partial charge on any atom is 0.278 e. The van der Waals surface area contributed by atoms with Crippen LogP contribution in [-0.2, 0) is 12.8 Å². The standard InChI is InChI=1S/2C13H16N2OS/c2*1-9(2)8-11-12(13(16)15-14-11)17-10-6-4-3-5-7-10/h2*3-7,9H,8H2,1-2H3,(H2,14,15,16). The van der Waals surface area contributed by atoms with Crippen LogP contribution in [0.25, 0.3) is 0 Å². The highest BCUT2D eigenvalue weighted by molar-refractivity contribution is 7.99. The van der Waals surface area contributed by atoms with E-state index in [1.165, 1.54) is 23.5 Å². The van der Waals surface area contributed by atoms with E-state index >= 15 is 0 Å². The molecule has 2 aromatic heterocycles. The van der Waals surface area contributed by atoms with Gasteiger partial charge in [-0.05, 0) is 48.9 Å². The van der Waals surface area contributed by atoms with Crippen molar-refractivity contribution in [2.24, 2.45) is 11.8 Å². The van der Waals surface area contributed by atoms with Crippen LogP contribution >= 0.6 is 23.5 Å². The first-order chi connectivity index (χ1) is 16.3. The van der Waals surface area contributed by atoms with E-state index in [2.05, 4.69) is 48.1 Å². The minimum atomic E-state index is -0.0329. The summed E-state index contributed by atoms with van der Waals surface area (Å²) >= 11 is 3.03. The van der Waals surface area contributed by atoms with E-state index in [4.69, 9.17) is 0 Å². The van der Waals surface area contributed by atoms with Crippen LogP contribution in [0.3, 0.4) is 0 Å². The van der Waals surface area contributed by atoms with E-state index in [-0.39, 0.29) is 11.1 Å². The lowest BCUT2D eigenvalue weighted by molar-refractivity contribution is 0.627. The van der Waals surface area contributed by atoms with Crippen LogP contribution in [0.2, 0.25) is 0 Å². The normalized spacial score (nSPS) is 11.0. The molecular weight excluding hydrogens is 464 g/mol. The molecule has 0 spiro atoms. The molecule has 8 heteroatoms. The van der Waals surface area contributed by atoms with Crippen molar-refractivity contribution in [1.82, 2.24) is 20.4 Å². The third-order valence-electron chi connectivity index (χ3n) is 4.77. The van der Waals surface area contributed by atoms with Gasteiger partial charge in [0.2, 0.25) is 0 Å². The minimum Gasteiger partial charge on any atom is -0.301 e. The zero-order valence-corrected chi connectivity index (χ0v) is 21.6. The average molecular weight is 497 g/mol. The fraction of sp³-hybridized carbons (Fsp3) is 0.308. The molecular formula is C26H32N4O2S2. The van der Waals surface area contributed by atoms with Gasteiger partial charge in [-0.3, -0.25) is 19.8 Å². The first kappa shape index (κ1) is 25.8. The Balaban J connectivity index is 0.000000191.